The van der Waals surface area contributed by atoms with Gasteiger partial charge in [-0.2, -0.15) is 5.10 Å². The number of rotatable bonds is 4. The second-order valence-electron chi connectivity index (χ2n) is 5.99. The van der Waals surface area contributed by atoms with Crippen LogP contribution < -0.4 is 10.7 Å². The third-order valence-corrected chi connectivity index (χ3v) is 4.36. The van der Waals surface area contributed by atoms with Crippen molar-refractivity contribution < 1.29 is 14.4 Å². The van der Waals surface area contributed by atoms with Crippen LogP contribution in [0.15, 0.2) is 23.3 Å². The Labute approximate surface area is 161 Å². The van der Waals surface area contributed by atoms with Gasteiger partial charge >= 0.3 is 11.8 Å². The lowest BCUT2D eigenvalue weighted by Crippen LogP contribution is -2.44. The molecule has 2 N–H and O–H groups in total. The third kappa shape index (κ3) is 6.00. The number of nitrogens with one attached hydrogen (secondary N) is 2. The van der Waals surface area contributed by atoms with Crippen LogP contribution in [-0.4, -0.2) is 41.4 Å². The summed E-state index contributed by atoms with van der Waals surface area (Å²) in [6.45, 7) is 2.74. The van der Waals surface area contributed by atoms with Crippen LogP contribution in [0.5, 0.6) is 0 Å². The van der Waals surface area contributed by atoms with Crippen molar-refractivity contribution in [1.82, 2.24) is 10.3 Å². The van der Waals surface area contributed by atoms with Gasteiger partial charge in [-0.05, 0) is 44.4 Å². The van der Waals surface area contributed by atoms with Gasteiger partial charge in [-0.25, -0.2) is 5.43 Å². The molecule has 1 heterocycles. The Morgan fingerprint density at radius 2 is 1.85 bits per heavy atom. The quantitative estimate of drug-likeness (QED) is 0.464. The molecule has 1 aromatic carbocycles. The molecule has 1 aromatic rings. The van der Waals surface area contributed by atoms with Crippen molar-refractivity contribution in [3.05, 3.63) is 28.2 Å². The number of piperidine rings is 1. The molecule has 0 spiro atoms. The van der Waals surface area contributed by atoms with Gasteiger partial charge in [-0.3, -0.25) is 14.4 Å². The maximum Gasteiger partial charge on any atom is 0.329 e. The van der Waals surface area contributed by atoms with Crippen molar-refractivity contribution >= 4 is 52.3 Å². The zero-order chi connectivity index (χ0) is 19.1. The topological polar surface area (TPSA) is 90.9 Å². The molecule has 1 aliphatic heterocycles. The highest BCUT2D eigenvalue weighted by atomic mass is 35.5. The fraction of sp³-hybridized carbons (Fsp3) is 0.412. The average molecular weight is 399 g/mol. The Morgan fingerprint density at radius 1 is 1.15 bits per heavy atom. The number of hydrogen-bond donors (Lipinski definition) is 2. The van der Waals surface area contributed by atoms with Gasteiger partial charge < -0.3 is 10.2 Å². The SMILES string of the molecule is C/C(CC(=O)Nc1ccc(Cl)cc1Cl)=N\NC(=O)C(=O)N1CCCCC1. The van der Waals surface area contributed by atoms with Crippen molar-refractivity contribution in [1.29, 1.82) is 0 Å². The first-order valence-electron chi connectivity index (χ1n) is 8.24. The lowest BCUT2D eigenvalue weighted by atomic mass is 10.1. The van der Waals surface area contributed by atoms with Crippen molar-refractivity contribution in [3.63, 3.8) is 0 Å². The van der Waals surface area contributed by atoms with Gasteiger partial charge in [0.05, 0.1) is 17.1 Å². The highest BCUT2D eigenvalue weighted by Crippen LogP contribution is 2.25. The number of carbonyl (C=O) groups excluding carboxylic acids is 3. The summed E-state index contributed by atoms with van der Waals surface area (Å²) >= 11 is 11.8. The highest BCUT2D eigenvalue weighted by molar-refractivity contribution is 6.37. The minimum absolute atomic E-state index is 0.0584. The van der Waals surface area contributed by atoms with Crippen LogP contribution in [0.4, 0.5) is 5.69 Å². The number of amides is 3. The summed E-state index contributed by atoms with van der Waals surface area (Å²) in [5.74, 6) is -1.75. The molecule has 3 amide bonds. The van der Waals surface area contributed by atoms with E-state index in [-0.39, 0.29) is 12.3 Å². The van der Waals surface area contributed by atoms with E-state index in [1.54, 1.807) is 19.1 Å². The lowest BCUT2D eigenvalue weighted by molar-refractivity contribution is -0.146. The van der Waals surface area contributed by atoms with E-state index in [9.17, 15) is 14.4 Å². The highest BCUT2D eigenvalue weighted by Gasteiger charge is 2.23. The standard InChI is InChI=1S/C17H20Cl2N4O3/c1-11(9-15(24)20-14-6-5-12(18)10-13(14)19)21-22-16(25)17(26)23-7-3-2-4-8-23/h5-6,10H,2-4,7-9H2,1H3,(H,20,24)(H,22,25)/b21-11+. The molecule has 140 valence electrons. The molecule has 0 aromatic heterocycles. The molecule has 0 radical (unpaired) electrons. The largest absolute Gasteiger partial charge is 0.334 e. The van der Waals surface area contributed by atoms with E-state index in [1.807, 2.05) is 0 Å². The predicted octanol–water partition coefficient (Wildman–Crippen LogP) is 2.83. The van der Waals surface area contributed by atoms with Crippen LogP contribution in [0.1, 0.15) is 32.6 Å². The number of nitrogens with zero attached hydrogens (tertiary/aromatic N) is 2. The fourth-order valence-corrected chi connectivity index (χ4v) is 2.95. The van der Waals surface area contributed by atoms with E-state index in [2.05, 4.69) is 15.8 Å². The zero-order valence-electron chi connectivity index (χ0n) is 14.3. The Kier molecular flexibility index (Phi) is 7.41. The monoisotopic (exact) mass is 398 g/mol. The van der Waals surface area contributed by atoms with E-state index >= 15 is 0 Å². The number of halogens is 2. The summed E-state index contributed by atoms with van der Waals surface area (Å²) in [6, 6.07) is 4.72. The molecule has 1 aliphatic rings. The van der Waals surface area contributed by atoms with Gasteiger partial charge in [0.1, 0.15) is 0 Å². The van der Waals surface area contributed by atoms with Gasteiger partial charge in [0, 0.05) is 23.8 Å². The first kappa shape index (κ1) is 20.2. The molecule has 0 bridgehead atoms. The molecule has 26 heavy (non-hydrogen) atoms. The summed E-state index contributed by atoms with van der Waals surface area (Å²) in [5.41, 5.74) is 2.98. The molecule has 7 nitrogen and oxygen atoms in total. The van der Waals surface area contributed by atoms with Crippen LogP contribution in [0.2, 0.25) is 10.0 Å². The van der Waals surface area contributed by atoms with Crippen LogP contribution >= 0.6 is 23.2 Å². The number of anilines is 1. The van der Waals surface area contributed by atoms with Crippen molar-refractivity contribution in [2.45, 2.75) is 32.6 Å². The number of carbonyl (C=O) groups is 3. The van der Waals surface area contributed by atoms with Crippen molar-refractivity contribution in [2.75, 3.05) is 18.4 Å². The molecule has 9 heteroatoms. The molecule has 2 rings (SSSR count). The Hall–Kier alpha value is -2.12. The predicted molar refractivity (Wildman–Crippen MR) is 101 cm³/mol. The van der Waals surface area contributed by atoms with Crippen molar-refractivity contribution in [2.24, 2.45) is 5.10 Å². The summed E-state index contributed by atoms with van der Waals surface area (Å²) in [4.78, 5) is 37.4. The first-order chi connectivity index (χ1) is 12.4. The number of hydrogen-bond acceptors (Lipinski definition) is 4. The van der Waals surface area contributed by atoms with Gasteiger partial charge in [0.2, 0.25) is 5.91 Å². The van der Waals surface area contributed by atoms with Gasteiger partial charge in [0.25, 0.3) is 0 Å². The number of likely N-dealkylation sites (tertiary alicyclic amines) is 1. The zero-order valence-corrected chi connectivity index (χ0v) is 15.9. The number of hydrazone groups is 1. The molecule has 0 aliphatic carbocycles. The normalized spacial score (nSPS) is 14.7. The Morgan fingerprint density at radius 3 is 2.50 bits per heavy atom. The van der Waals surface area contributed by atoms with E-state index in [0.717, 1.165) is 19.3 Å². The maximum atomic E-state index is 12.0. The van der Waals surface area contributed by atoms with E-state index in [4.69, 9.17) is 23.2 Å². The van der Waals surface area contributed by atoms with Crippen LogP contribution in [0.3, 0.4) is 0 Å². The van der Waals surface area contributed by atoms with E-state index in [1.165, 1.54) is 11.0 Å². The first-order valence-corrected chi connectivity index (χ1v) is 8.99. The van der Waals surface area contributed by atoms with Crippen molar-refractivity contribution in [3.8, 4) is 0 Å². The molecule has 1 fully saturated rings. The third-order valence-electron chi connectivity index (χ3n) is 3.81. The van der Waals surface area contributed by atoms with Gasteiger partial charge in [-0.1, -0.05) is 23.2 Å². The molecule has 1 saturated heterocycles. The lowest BCUT2D eigenvalue weighted by Gasteiger charge is -2.25. The van der Waals surface area contributed by atoms with Crippen LogP contribution in [0, 0.1) is 0 Å². The molecule has 0 saturated carbocycles. The smallest absolute Gasteiger partial charge is 0.329 e. The Balaban J connectivity index is 1.83. The van der Waals surface area contributed by atoms with E-state index < -0.39 is 11.8 Å². The Bertz CT molecular complexity index is 731. The minimum atomic E-state index is -0.799. The van der Waals surface area contributed by atoms with Gasteiger partial charge in [0.15, 0.2) is 0 Å². The second-order valence-corrected chi connectivity index (χ2v) is 6.83. The van der Waals surface area contributed by atoms with Crippen LogP contribution in [0.25, 0.3) is 0 Å². The summed E-state index contributed by atoms with van der Waals surface area (Å²) < 4.78 is 0. The summed E-state index contributed by atoms with van der Waals surface area (Å²) in [6.07, 6.45) is 2.80. The summed E-state index contributed by atoms with van der Waals surface area (Å²) in [5, 5.41) is 7.23. The second kappa shape index (κ2) is 9.54. The summed E-state index contributed by atoms with van der Waals surface area (Å²) in [7, 11) is 0. The van der Waals surface area contributed by atoms with Gasteiger partial charge in [-0.15, -0.1) is 0 Å². The van der Waals surface area contributed by atoms with E-state index in [0.29, 0.717) is 34.5 Å². The average Bonchev–Trinajstić information content (AvgIpc) is 2.62. The minimum Gasteiger partial charge on any atom is -0.334 e. The molecule has 0 unspecified atom stereocenters. The van der Waals surface area contributed by atoms with Crippen LogP contribution in [-0.2, 0) is 14.4 Å². The fourth-order valence-electron chi connectivity index (χ4n) is 2.49. The molecule has 0 atom stereocenters. The number of benzene rings is 1. The molecular weight excluding hydrogens is 379 g/mol. The maximum absolute atomic E-state index is 12.0. The molecular formula is C17H20Cl2N4O3.